The predicted octanol–water partition coefficient (Wildman–Crippen LogP) is 2.87. The van der Waals surface area contributed by atoms with Crippen molar-refractivity contribution in [1.29, 1.82) is 0 Å². The maximum atomic E-state index is 12.2. The van der Waals surface area contributed by atoms with Crippen LogP contribution in [0.4, 0.5) is 16.2 Å². The molecule has 2 unspecified atom stereocenters. The second-order valence-corrected chi connectivity index (χ2v) is 5.85. The van der Waals surface area contributed by atoms with E-state index < -0.39 is 11.0 Å². The molecule has 1 fully saturated rings. The van der Waals surface area contributed by atoms with Crippen molar-refractivity contribution < 1.29 is 14.8 Å². The minimum atomic E-state index is -0.595. The lowest BCUT2D eigenvalue weighted by atomic mass is 9.94. The third-order valence-electron chi connectivity index (χ3n) is 3.82. The molecule has 2 amide bonds. The molecular weight excluding hydrogens is 310 g/mol. The van der Waals surface area contributed by atoms with Crippen LogP contribution >= 0.6 is 11.6 Å². The Kier molecular flexibility index (Phi) is 5.20. The maximum absolute atomic E-state index is 12.2. The van der Waals surface area contributed by atoms with Gasteiger partial charge in [-0.1, -0.05) is 11.6 Å². The molecule has 1 saturated heterocycles. The first-order valence-corrected chi connectivity index (χ1v) is 7.44. The van der Waals surface area contributed by atoms with Crippen molar-refractivity contribution in [1.82, 2.24) is 4.90 Å². The summed E-state index contributed by atoms with van der Waals surface area (Å²) in [6, 6.07) is 3.80. The van der Waals surface area contributed by atoms with E-state index >= 15 is 0 Å². The number of nitrogens with one attached hydrogen (secondary N) is 1. The Morgan fingerprint density at radius 3 is 2.95 bits per heavy atom. The minimum Gasteiger partial charge on any atom is -0.393 e. The number of aliphatic hydroxyl groups is 1. The molecule has 1 aromatic carbocycles. The van der Waals surface area contributed by atoms with Gasteiger partial charge in [0.1, 0.15) is 5.02 Å². The Hall–Kier alpha value is -1.86. The summed E-state index contributed by atoms with van der Waals surface area (Å²) < 4.78 is 0. The lowest BCUT2D eigenvalue weighted by Gasteiger charge is -2.34. The van der Waals surface area contributed by atoms with E-state index in [1.807, 2.05) is 0 Å². The number of aliphatic hydroxyl groups excluding tert-OH is 1. The topological polar surface area (TPSA) is 95.7 Å². The number of nitro groups is 1. The van der Waals surface area contributed by atoms with Gasteiger partial charge >= 0.3 is 6.03 Å². The van der Waals surface area contributed by atoms with Crippen LogP contribution in [0.3, 0.4) is 0 Å². The van der Waals surface area contributed by atoms with Gasteiger partial charge < -0.3 is 15.3 Å². The van der Waals surface area contributed by atoms with E-state index in [0.29, 0.717) is 18.8 Å². The zero-order valence-electron chi connectivity index (χ0n) is 12.2. The molecular formula is C14H18ClN3O4. The summed E-state index contributed by atoms with van der Waals surface area (Å²) in [4.78, 5) is 24.1. The smallest absolute Gasteiger partial charge is 0.321 e. The Labute approximate surface area is 133 Å². The molecule has 1 heterocycles. The van der Waals surface area contributed by atoms with E-state index in [1.165, 1.54) is 18.2 Å². The average Bonchev–Trinajstić information content (AvgIpc) is 2.49. The monoisotopic (exact) mass is 327 g/mol. The highest BCUT2D eigenvalue weighted by Gasteiger charge is 2.26. The number of hydrogen-bond acceptors (Lipinski definition) is 4. The fourth-order valence-electron chi connectivity index (χ4n) is 2.52. The van der Waals surface area contributed by atoms with Gasteiger partial charge in [-0.25, -0.2) is 4.79 Å². The lowest BCUT2D eigenvalue weighted by Crippen LogP contribution is -2.44. The first kappa shape index (κ1) is 16.5. The number of urea groups is 1. The van der Waals surface area contributed by atoms with Crippen LogP contribution in [0.5, 0.6) is 0 Å². The van der Waals surface area contributed by atoms with Crippen LogP contribution in [-0.4, -0.2) is 40.2 Å². The van der Waals surface area contributed by atoms with Crippen molar-refractivity contribution in [2.75, 3.05) is 18.4 Å². The van der Waals surface area contributed by atoms with Crippen molar-refractivity contribution in [3.05, 3.63) is 33.3 Å². The van der Waals surface area contributed by atoms with Gasteiger partial charge in [0.15, 0.2) is 0 Å². The Morgan fingerprint density at radius 2 is 2.32 bits per heavy atom. The standard InChI is InChI=1S/C14H18ClN3O4/c1-9(19)10-3-2-6-17(8-10)14(20)16-11-4-5-12(15)13(7-11)18(21)22/h4-5,7,9-10,19H,2-3,6,8H2,1H3,(H,16,20). The van der Waals surface area contributed by atoms with Gasteiger partial charge in [0.05, 0.1) is 11.0 Å². The number of carbonyl (C=O) groups excluding carboxylic acids is 1. The second-order valence-electron chi connectivity index (χ2n) is 5.44. The molecule has 8 heteroatoms. The predicted molar refractivity (Wildman–Crippen MR) is 83.1 cm³/mol. The number of nitro benzene ring substituents is 1. The van der Waals surface area contributed by atoms with Gasteiger partial charge in [0, 0.05) is 30.8 Å². The van der Waals surface area contributed by atoms with Crippen LogP contribution in [-0.2, 0) is 0 Å². The van der Waals surface area contributed by atoms with Gasteiger partial charge in [-0.05, 0) is 31.9 Å². The molecule has 1 aliphatic rings. The first-order chi connectivity index (χ1) is 10.4. The number of piperidine rings is 1. The molecule has 2 N–H and O–H groups in total. The highest BCUT2D eigenvalue weighted by Crippen LogP contribution is 2.28. The van der Waals surface area contributed by atoms with Gasteiger partial charge in [-0.3, -0.25) is 10.1 Å². The summed E-state index contributed by atoms with van der Waals surface area (Å²) in [6.45, 7) is 2.79. The summed E-state index contributed by atoms with van der Waals surface area (Å²) >= 11 is 5.74. The third-order valence-corrected chi connectivity index (χ3v) is 4.14. The van der Waals surface area contributed by atoms with Crippen LogP contribution in [0.2, 0.25) is 5.02 Å². The Bertz CT molecular complexity index is 579. The molecule has 0 bridgehead atoms. The fraction of sp³-hybridized carbons (Fsp3) is 0.500. The summed E-state index contributed by atoms with van der Waals surface area (Å²) in [5, 5.41) is 23.2. The Morgan fingerprint density at radius 1 is 1.59 bits per heavy atom. The molecule has 0 aromatic heterocycles. The maximum Gasteiger partial charge on any atom is 0.321 e. The number of anilines is 1. The van der Waals surface area contributed by atoms with Crippen molar-refractivity contribution in [2.45, 2.75) is 25.9 Å². The van der Waals surface area contributed by atoms with Gasteiger partial charge in [-0.15, -0.1) is 0 Å². The minimum absolute atomic E-state index is 0.0233. The molecule has 1 aromatic rings. The molecule has 2 atom stereocenters. The van der Waals surface area contributed by atoms with Crippen LogP contribution in [0.25, 0.3) is 0 Å². The number of halogens is 1. The number of nitrogens with zero attached hydrogens (tertiary/aromatic N) is 2. The van der Waals surface area contributed by atoms with Crippen LogP contribution in [0, 0.1) is 16.0 Å². The molecule has 0 spiro atoms. The van der Waals surface area contributed by atoms with E-state index in [0.717, 1.165) is 12.8 Å². The highest BCUT2D eigenvalue weighted by atomic mass is 35.5. The zero-order chi connectivity index (χ0) is 16.3. The van der Waals surface area contributed by atoms with Crippen molar-refractivity contribution in [2.24, 2.45) is 5.92 Å². The summed E-state index contributed by atoms with van der Waals surface area (Å²) in [5.41, 5.74) is 0.0697. The molecule has 0 aliphatic carbocycles. The number of rotatable bonds is 3. The average molecular weight is 328 g/mol. The number of amides is 2. The SMILES string of the molecule is CC(O)C1CCCN(C(=O)Nc2ccc(Cl)c([N+](=O)[O-])c2)C1. The number of likely N-dealkylation sites (tertiary alicyclic amines) is 1. The highest BCUT2D eigenvalue weighted by molar-refractivity contribution is 6.32. The molecule has 1 aliphatic heterocycles. The third kappa shape index (κ3) is 3.86. The van der Waals surface area contributed by atoms with E-state index in [9.17, 15) is 20.0 Å². The molecule has 0 saturated carbocycles. The Balaban J connectivity index is 2.05. The normalized spacial score (nSPS) is 19.6. The largest absolute Gasteiger partial charge is 0.393 e. The second kappa shape index (κ2) is 6.93. The molecule has 0 radical (unpaired) electrons. The summed E-state index contributed by atoms with van der Waals surface area (Å²) in [7, 11) is 0. The molecule has 2 rings (SSSR count). The zero-order valence-corrected chi connectivity index (χ0v) is 12.9. The molecule has 7 nitrogen and oxygen atoms in total. The van der Waals surface area contributed by atoms with E-state index in [1.54, 1.807) is 11.8 Å². The quantitative estimate of drug-likeness (QED) is 0.659. The fourth-order valence-corrected chi connectivity index (χ4v) is 2.71. The van der Waals surface area contributed by atoms with Crippen LogP contribution in [0.1, 0.15) is 19.8 Å². The number of hydrogen-bond donors (Lipinski definition) is 2. The number of carbonyl (C=O) groups is 1. The van der Waals surface area contributed by atoms with E-state index in [4.69, 9.17) is 11.6 Å². The summed E-state index contributed by atoms with van der Waals surface area (Å²) in [5.74, 6) is 0.0547. The van der Waals surface area contributed by atoms with Crippen molar-refractivity contribution in [3.8, 4) is 0 Å². The van der Waals surface area contributed by atoms with Crippen molar-refractivity contribution >= 4 is 29.0 Å². The molecule has 120 valence electrons. The van der Waals surface area contributed by atoms with E-state index in [-0.39, 0.29) is 22.7 Å². The van der Waals surface area contributed by atoms with Gasteiger partial charge in [0.2, 0.25) is 0 Å². The van der Waals surface area contributed by atoms with Gasteiger partial charge in [0.25, 0.3) is 5.69 Å². The van der Waals surface area contributed by atoms with Crippen LogP contribution in [0.15, 0.2) is 18.2 Å². The van der Waals surface area contributed by atoms with Crippen molar-refractivity contribution in [3.63, 3.8) is 0 Å². The number of benzene rings is 1. The first-order valence-electron chi connectivity index (χ1n) is 7.06. The van der Waals surface area contributed by atoms with Crippen LogP contribution < -0.4 is 5.32 Å². The van der Waals surface area contributed by atoms with E-state index in [2.05, 4.69) is 5.32 Å². The lowest BCUT2D eigenvalue weighted by molar-refractivity contribution is -0.384. The van der Waals surface area contributed by atoms with Gasteiger partial charge in [-0.2, -0.15) is 0 Å². The summed E-state index contributed by atoms with van der Waals surface area (Å²) in [6.07, 6.45) is 1.24. The molecule has 22 heavy (non-hydrogen) atoms.